The highest BCUT2D eigenvalue weighted by Crippen LogP contribution is 2.16. The number of nitrogens with zero attached hydrogens (tertiary/aromatic N) is 1. The van der Waals surface area contributed by atoms with Crippen molar-refractivity contribution in [2.24, 2.45) is 0 Å². The van der Waals surface area contributed by atoms with Crippen LogP contribution in [-0.4, -0.2) is 36.9 Å². The minimum absolute atomic E-state index is 0.0252. The van der Waals surface area contributed by atoms with Gasteiger partial charge in [0.1, 0.15) is 5.75 Å². The highest BCUT2D eigenvalue weighted by Gasteiger charge is 2.12. The van der Waals surface area contributed by atoms with Crippen molar-refractivity contribution in [1.29, 1.82) is 0 Å². The Morgan fingerprint density at radius 2 is 1.74 bits per heavy atom. The smallest absolute Gasteiger partial charge is 0.226 e. The third-order valence-corrected chi connectivity index (χ3v) is 4.54. The van der Waals surface area contributed by atoms with Crippen molar-refractivity contribution in [3.8, 4) is 5.75 Å². The van der Waals surface area contributed by atoms with Crippen LogP contribution in [0.25, 0.3) is 0 Å². The minimum atomic E-state index is -0.0855. The number of anilines is 1. The van der Waals surface area contributed by atoms with Gasteiger partial charge in [0.05, 0.1) is 7.11 Å². The van der Waals surface area contributed by atoms with Gasteiger partial charge in [-0.25, -0.2) is 0 Å². The molecule has 0 heterocycles. The van der Waals surface area contributed by atoms with Crippen molar-refractivity contribution in [3.63, 3.8) is 0 Å². The Bertz CT molecular complexity index is 785. The number of rotatable bonds is 8. The number of nitrogens with one attached hydrogen (secondary N) is 1. The SMILES string of the molecule is COc1ccc(CCN(CCC(=O)Nc2ccc(C)cc2C)C(C)=O)cc1. The molecular formula is C22H28N2O3. The van der Waals surface area contributed by atoms with Gasteiger partial charge in [-0.1, -0.05) is 29.8 Å². The third-order valence-electron chi connectivity index (χ3n) is 4.54. The average Bonchev–Trinajstić information content (AvgIpc) is 2.64. The third kappa shape index (κ3) is 6.44. The summed E-state index contributed by atoms with van der Waals surface area (Å²) in [4.78, 5) is 25.9. The molecule has 2 amide bonds. The second kappa shape index (κ2) is 9.76. The number of methoxy groups -OCH3 is 1. The Hall–Kier alpha value is -2.82. The number of hydrogen-bond acceptors (Lipinski definition) is 3. The molecule has 2 aromatic rings. The Morgan fingerprint density at radius 1 is 1.04 bits per heavy atom. The summed E-state index contributed by atoms with van der Waals surface area (Å²) in [5, 5.41) is 2.93. The topological polar surface area (TPSA) is 58.6 Å². The van der Waals surface area contributed by atoms with E-state index < -0.39 is 0 Å². The minimum Gasteiger partial charge on any atom is -0.497 e. The fraction of sp³-hybridized carbons (Fsp3) is 0.364. The van der Waals surface area contributed by atoms with Crippen LogP contribution < -0.4 is 10.1 Å². The molecule has 5 nitrogen and oxygen atoms in total. The first-order valence-corrected chi connectivity index (χ1v) is 9.14. The standard InChI is InChI=1S/C22H28N2O3/c1-16-5-10-21(17(2)15-16)23-22(26)12-14-24(18(3)25)13-11-19-6-8-20(27-4)9-7-19/h5-10,15H,11-14H2,1-4H3,(H,23,26). The summed E-state index contributed by atoms with van der Waals surface area (Å²) in [6.07, 6.45) is 1.01. The van der Waals surface area contributed by atoms with Crippen LogP contribution in [0.1, 0.15) is 30.0 Å². The quantitative estimate of drug-likeness (QED) is 0.772. The van der Waals surface area contributed by atoms with E-state index in [1.54, 1.807) is 12.0 Å². The monoisotopic (exact) mass is 368 g/mol. The number of carbonyl (C=O) groups excluding carboxylic acids is 2. The predicted octanol–water partition coefficient (Wildman–Crippen LogP) is 3.73. The van der Waals surface area contributed by atoms with Crippen LogP contribution >= 0.6 is 0 Å². The van der Waals surface area contributed by atoms with E-state index in [-0.39, 0.29) is 18.2 Å². The Morgan fingerprint density at radius 3 is 2.33 bits per heavy atom. The number of amides is 2. The molecule has 0 saturated carbocycles. The Balaban J connectivity index is 1.85. The molecule has 0 bridgehead atoms. The van der Waals surface area contributed by atoms with E-state index in [2.05, 4.69) is 5.32 Å². The van der Waals surface area contributed by atoms with E-state index in [9.17, 15) is 9.59 Å². The van der Waals surface area contributed by atoms with Gasteiger partial charge < -0.3 is 15.0 Å². The number of hydrogen-bond donors (Lipinski definition) is 1. The van der Waals surface area contributed by atoms with Crippen LogP contribution in [-0.2, 0) is 16.0 Å². The summed E-state index contributed by atoms with van der Waals surface area (Å²) in [6, 6.07) is 13.7. The molecule has 144 valence electrons. The predicted molar refractivity (Wildman–Crippen MR) is 108 cm³/mol. The van der Waals surface area contributed by atoms with Gasteiger partial charge in [-0.2, -0.15) is 0 Å². The van der Waals surface area contributed by atoms with Gasteiger partial charge >= 0.3 is 0 Å². The maximum absolute atomic E-state index is 12.3. The van der Waals surface area contributed by atoms with Gasteiger partial charge in [-0.15, -0.1) is 0 Å². The number of benzene rings is 2. The van der Waals surface area contributed by atoms with Gasteiger partial charge in [0.15, 0.2) is 0 Å². The lowest BCUT2D eigenvalue weighted by Gasteiger charge is -2.21. The van der Waals surface area contributed by atoms with Gasteiger partial charge in [0.2, 0.25) is 11.8 Å². The van der Waals surface area contributed by atoms with E-state index in [1.807, 2.05) is 56.3 Å². The fourth-order valence-electron chi connectivity index (χ4n) is 2.89. The van der Waals surface area contributed by atoms with Crippen molar-refractivity contribution in [2.75, 3.05) is 25.5 Å². The lowest BCUT2D eigenvalue weighted by molar-refractivity contribution is -0.129. The molecule has 1 N–H and O–H groups in total. The van der Waals surface area contributed by atoms with Crippen LogP contribution in [0.5, 0.6) is 5.75 Å². The summed E-state index contributed by atoms with van der Waals surface area (Å²) < 4.78 is 5.15. The second-order valence-corrected chi connectivity index (χ2v) is 6.72. The zero-order valence-corrected chi connectivity index (χ0v) is 16.5. The van der Waals surface area contributed by atoms with Crippen LogP contribution in [0.2, 0.25) is 0 Å². The molecule has 0 unspecified atom stereocenters. The van der Waals surface area contributed by atoms with Gasteiger partial charge in [0, 0.05) is 32.1 Å². The summed E-state index contributed by atoms with van der Waals surface area (Å²) in [5.41, 5.74) is 4.14. The van der Waals surface area contributed by atoms with E-state index in [0.29, 0.717) is 13.1 Å². The summed E-state index contributed by atoms with van der Waals surface area (Å²) in [6.45, 7) is 6.52. The van der Waals surface area contributed by atoms with Gasteiger partial charge in [-0.05, 0) is 49.6 Å². The first kappa shape index (κ1) is 20.5. The fourth-order valence-corrected chi connectivity index (χ4v) is 2.89. The molecule has 0 aromatic heterocycles. The van der Waals surface area contributed by atoms with Crippen molar-refractivity contribution in [1.82, 2.24) is 4.90 Å². The summed E-state index contributed by atoms with van der Waals surface area (Å²) in [5.74, 6) is 0.700. The summed E-state index contributed by atoms with van der Waals surface area (Å²) >= 11 is 0. The van der Waals surface area contributed by atoms with Gasteiger partial charge in [-0.3, -0.25) is 9.59 Å². The molecule has 2 aromatic carbocycles. The zero-order valence-electron chi connectivity index (χ0n) is 16.5. The maximum atomic E-state index is 12.3. The number of aryl methyl sites for hydroxylation is 2. The van der Waals surface area contributed by atoms with Crippen LogP contribution in [0.15, 0.2) is 42.5 Å². The van der Waals surface area contributed by atoms with Crippen molar-refractivity contribution < 1.29 is 14.3 Å². The Kier molecular flexibility index (Phi) is 7.41. The molecule has 0 aliphatic carbocycles. The highest BCUT2D eigenvalue weighted by atomic mass is 16.5. The molecule has 0 aliphatic rings. The second-order valence-electron chi connectivity index (χ2n) is 6.72. The first-order valence-electron chi connectivity index (χ1n) is 9.14. The van der Waals surface area contributed by atoms with Crippen molar-refractivity contribution >= 4 is 17.5 Å². The lowest BCUT2D eigenvalue weighted by Crippen LogP contribution is -2.33. The highest BCUT2D eigenvalue weighted by molar-refractivity contribution is 5.91. The first-order chi connectivity index (χ1) is 12.9. The van der Waals surface area contributed by atoms with E-state index in [4.69, 9.17) is 4.74 Å². The van der Waals surface area contributed by atoms with E-state index in [0.717, 1.165) is 34.5 Å². The van der Waals surface area contributed by atoms with Crippen LogP contribution in [0.3, 0.4) is 0 Å². The lowest BCUT2D eigenvalue weighted by atomic mass is 10.1. The van der Waals surface area contributed by atoms with Gasteiger partial charge in [0.25, 0.3) is 0 Å². The molecule has 2 rings (SSSR count). The van der Waals surface area contributed by atoms with E-state index in [1.165, 1.54) is 6.92 Å². The largest absolute Gasteiger partial charge is 0.497 e. The maximum Gasteiger partial charge on any atom is 0.226 e. The molecular weight excluding hydrogens is 340 g/mol. The normalized spacial score (nSPS) is 10.4. The van der Waals surface area contributed by atoms with Crippen LogP contribution in [0.4, 0.5) is 5.69 Å². The molecule has 27 heavy (non-hydrogen) atoms. The number of ether oxygens (including phenoxy) is 1. The molecule has 0 saturated heterocycles. The Labute approximate surface area is 161 Å². The zero-order chi connectivity index (χ0) is 19.8. The average molecular weight is 368 g/mol. The molecule has 0 atom stereocenters. The van der Waals surface area contributed by atoms with E-state index >= 15 is 0 Å². The molecule has 5 heteroatoms. The van der Waals surface area contributed by atoms with Crippen LogP contribution in [0, 0.1) is 13.8 Å². The molecule has 0 aliphatic heterocycles. The van der Waals surface area contributed by atoms with Crippen molar-refractivity contribution in [2.45, 2.75) is 33.6 Å². The van der Waals surface area contributed by atoms with Crippen molar-refractivity contribution in [3.05, 3.63) is 59.2 Å². The molecule has 0 radical (unpaired) electrons. The number of carbonyl (C=O) groups is 2. The molecule has 0 fully saturated rings. The molecule has 0 spiro atoms. The summed E-state index contributed by atoms with van der Waals surface area (Å²) in [7, 11) is 1.63.